The number of aromatic nitrogens is 4. The van der Waals surface area contributed by atoms with Crippen LogP contribution in [0.2, 0.25) is 0 Å². The quantitative estimate of drug-likeness (QED) is 0.811. The highest BCUT2D eigenvalue weighted by atomic mass is 16.4. The molecule has 0 aliphatic carbocycles. The summed E-state index contributed by atoms with van der Waals surface area (Å²) in [7, 11) is 1.53. The maximum Gasteiger partial charge on any atom is 0.338 e. The number of carbonyl (C=O) groups is 2. The average molecular weight is 261 g/mol. The van der Waals surface area contributed by atoms with Gasteiger partial charge in [0.15, 0.2) is 0 Å². The molecule has 0 saturated heterocycles. The Labute approximate surface area is 108 Å². The number of hydrogen-bond donors (Lipinski definition) is 2. The molecule has 2 aromatic heterocycles. The number of carbonyl (C=O) groups excluding carboxylic acids is 1. The summed E-state index contributed by atoms with van der Waals surface area (Å²) in [6.45, 7) is 0.189. The van der Waals surface area contributed by atoms with Crippen LogP contribution in [-0.4, -0.2) is 49.1 Å². The zero-order valence-electron chi connectivity index (χ0n) is 10.1. The molecule has 0 atom stereocenters. The first kappa shape index (κ1) is 12.7. The highest BCUT2D eigenvalue weighted by Gasteiger charge is 2.21. The number of H-pyrrole nitrogens is 1. The molecule has 0 unspecified atom stereocenters. The molecule has 0 spiro atoms. The predicted octanol–water partition coefficient (Wildman–Crippen LogP) is 0.170. The van der Waals surface area contributed by atoms with Crippen molar-refractivity contribution < 1.29 is 14.7 Å². The Morgan fingerprint density at radius 3 is 2.84 bits per heavy atom. The largest absolute Gasteiger partial charge is 0.478 e. The Morgan fingerprint density at radius 2 is 2.21 bits per heavy atom. The molecular weight excluding hydrogens is 250 g/mol. The third kappa shape index (κ3) is 2.73. The van der Waals surface area contributed by atoms with Gasteiger partial charge in [0.25, 0.3) is 5.91 Å². The van der Waals surface area contributed by atoms with Crippen molar-refractivity contribution in [1.29, 1.82) is 0 Å². The fourth-order valence-corrected chi connectivity index (χ4v) is 1.53. The monoisotopic (exact) mass is 261 g/mol. The van der Waals surface area contributed by atoms with Gasteiger partial charge in [-0.3, -0.25) is 14.9 Å². The van der Waals surface area contributed by atoms with Crippen LogP contribution in [0.3, 0.4) is 0 Å². The van der Waals surface area contributed by atoms with E-state index in [9.17, 15) is 9.59 Å². The van der Waals surface area contributed by atoms with Gasteiger partial charge in [-0.2, -0.15) is 5.10 Å². The van der Waals surface area contributed by atoms with Crippen LogP contribution >= 0.6 is 0 Å². The number of nitrogens with one attached hydrogen (secondary N) is 1. The summed E-state index contributed by atoms with van der Waals surface area (Å²) in [5, 5.41) is 15.3. The Balaban J connectivity index is 2.22. The van der Waals surface area contributed by atoms with Crippen LogP contribution < -0.4 is 0 Å². The fraction of sp³-hybridized carbons (Fsp3) is 0.182. The van der Waals surface area contributed by atoms with E-state index in [1.54, 1.807) is 0 Å². The summed E-state index contributed by atoms with van der Waals surface area (Å²) in [5.41, 5.74) is -0.228. The van der Waals surface area contributed by atoms with Crippen LogP contribution in [0.25, 0.3) is 0 Å². The zero-order valence-corrected chi connectivity index (χ0v) is 10.1. The molecule has 2 aromatic rings. The van der Waals surface area contributed by atoms with Crippen LogP contribution in [0, 0.1) is 0 Å². The van der Waals surface area contributed by atoms with Crippen molar-refractivity contribution in [2.75, 3.05) is 7.05 Å². The number of carboxylic acid groups (broad SMARTS) is 1. The van der Waals surface area contributed by atoms with E-state index in [0.717, 1.165) is 0 Å². The van der Waals surface area contributed by atoms with Gasteiger partial charge >= 0.3 is 5.97 Å². The Hall–Kier alpha value is -2.77. The van der Waals surface area contributed by atoms with Crippen molar-refractivity contribution in [2.24, 2.45) is 0 Å². The third-order valence-electron chi connectivity index (χ3n) is 2.44. The molecule has 0 radical (unpaired) electrons. The molecule has 0 aliphatic rings. The number of amides is 1. The van der Waals surface area contributed by atoms with Crippen LogP contribution in [0.1, 0.15) is 26.7 Å². The number of hydrogen-bond acceptors (Lipinski definition) is 5. The van der Waals surface area contributed by atoms with Gasteiger partial charge in [-0.25, -0.2) is 9.78 Å². The molecule has 1 amide bonds. The van der Waals surface area contributed by atoms with Gasteiger partial charge in [0.1, 0.15) is 17.8 Å². The van der Waals surface area contributed by atoms with Gasteiger partial charge < -0.3 is 10.0 Å². The van der Waals surface area contributed by atoms with Crippen molar-refractivity contribution in [2.45, 2.75) is 6.54 Å². The molecule has 19 heavy (non-hydrogen) atoms. The lowest BCUT2D eigenvalue weighted by atomic mass is 10.2. The highest BCUT2D eigenvalue weighted by molar-refractivity contribution is 6.03. The maximum absolute atomic E-state index is 12.1. The number of nitrogens with zero attached hydrogens (tertiary/aromatic N) is 4. The number of aromatic amines is 1. The third-order valence-corrected chi connectivity index (χ3v) is 2.44. The summed E-state index contributed by atoms with van der Waals surface area (Å²) in [6.07, 6.45) is 2.71. The van der Waals surface area contributed by atoms with E-state index in [2.05, 4.69) is 20.2 Å². The zero-order chi connectivity index (χ0) is 13.8. The number of aromatic carboxylic acids is 1. The summed E-state index contributed by atoms with van der Waals surface area (Å²) in [5.74, 6) is -1.18. The lowest BCUT2D eigenvalue weighted by Crippen LogP contribution is -2.29. The van der Waals surface area contributed by atoms with Gasteiger partial charge in [-0.05, 0) is 12.1 Å². The summed E-state index contributed by atoms with van der Waals surface area (Å²) >= 11 is 0. The van der Waals surface area contributed by atoms with Gasteiger partial charge in [0.2, 0.25) is 0 Å². The molecule has 0 aliphatic heterocycles. The van der Waals surface area contributed by atoms with E-state index in [0.29, 0.717) is 5.82 Å². The van der Waals surface area contributed by atoms with Gasteiger partial charge in [0, 0.05) is 13.2 Å². The number of pyridine rings is 1. The molecule has 8 heteroatoms. The van der Waals surface area contributed by atoms with Gasteiger partial charge in [-0.1, -0.05) is 0 Å². The van der Waals surface area contributed by atoms with Gasteiger partial charge in [-0.15, -0.1) is 0 Å². The molecule has 8 nitrogen and oxygen atoms in total. The van der Waals surface area contributed by atoms with E-state index >= 15 is 0 Å². The Kier molecular flexibility index (Phi) is 3.51. The lowest BCUT2D eigenvalue weighted by Gasteiger charge is -2.15. The Morgan fingerprint density at radius 1 is 1.42 bits per heavy atom. The Bertz CT molecular complexity index is 596. The first-order valence-corrected chi connectivity index (χ1v) is 5.37. The molecule has 0 aromatic carbocycles. The number of rotatable bonds is 4. The van der Waals surface area contributed by atoms with Crippen molar-refractivity contribution in [1.82, 2.24) is 25.1 Å². The molecular formula is C11H11N5O3. The van der Waals surface area contributed by atoms with Crippen LogP contribution in [-0.2, 0) is 6.54 Å². The van der Waals surface area contributed by atoms with E-state index in [1.807, 2.05) is 0 Å². The van der Waals surface area contributed by atoms with Crippen molar-refractivity contribution in [3.05, 3.63) is 41.7 Å². The van der Waals surface area contributed by atoms with E-state index in [4.69, 9.17) is 5.11 Å². The fourth-order valence-electron chi connectivity index (χ4n) is 1.53. The molecule has 2 heterocycles. The second-order valence-electron chi connectivity index (χ2n) is 3.80. The van der Waals surface area contributed by atoms with E-state index in [1.165, 1.54) is 36.6 Å². The minimum absolute atomic E-state index is 0.1000. The standard InChI is InChI=1S/C11H11N5O3/c1-16(5-8-13-6-14-15-8)10(17)9-7(11(18)19)3-2-4-12-9/h2-4,6H,5H2,1H3,(H,18,19)(H,13,14,15). The van der Waals surface area contributed by atoms with Crippen LogP contribution in [0.15, 0.2) is 24.7 Å². The van der Waals surface area contributed by atoms with Gasteiger partial charge in [0.05, 0.1) is 12.1 Å². The minimum atomic E-state index is -1.19. The van der Waals surface area contributed by atoms with Crippen LogP contribution in [0.5, 0.6) is 0 Å². The van der Waals surface area contributed by atoms with Crippen molar-refractivity contribution >= 4 is 11.9 Å². The molecule has 0 saturated carbocycles. The van der Waals surface area contributed by atoms with E-state index in [-0.39, 0.29) is 17.8 Å². The van der Waals surface area contributed by atoms with E-state index < -0.39 is 11.9 Å². The SMILES string of the molecule is CN(Cc1ncn[nH]1)C(=O)c1ncccc1C(=O)O. The second-order valence-corrected chi connectivity index (χ2v) is 3.80. The van der Waals surface area contributed by atoms with Crippen LogP contribution in [0.4, 0.5) is 0 Å². The summed E-state index contributed by atoms with van der Waals surface area (Å²) in [6, 6.07) is 2.81. The molecule has 2 rings (SSSR count). The van der Waals surface area contributed by atoms with Crippen molar-refractivity contribution in [3.8, 4) is 0 Å². The molecule has 98 valence electrons. The maximum atomic E-state index is 12.1. The normalized spacial score (nSPS) is 10.2. The summed E-state index contributed by atoms with van der Waals surface area (Å²) < 4.78 is 0. The smallest absolute Gasteiger partial charge is 0.338 e. The first-order valence-electron chi connectivity index (χ1n) is 5.37. The first-order chi connectivity index (χ1) is 9.09. The molecule has 0 bridgehead atoms. The predicted molar refractivity (Wildman–Crippen MR) is 63.4 cm³/mol. The lowest BCUT2D eigenvalue weighted by molar-refractivity contribution is 0.0677. The second kappa shape index (κ2) is 5.25. The number of carboxylic acids is 1. The average Bonchev–Trinajstić information content (AvgIpc) is 2.90. The minimum Gasteiger partial charge on any atom is -0.478 e. The molecule has 2 N–H and O–H groups in total. The molecule has 0 fully saturated rings. The summed E-state index contributed by atoms with van der Waals surface area (Å²) in [4.78, 5) is 32.2. The topological polar surface area (TPSA) is 112 Å². The highest BCUT2D eigenvalue weighted by Crippen LogP contribution is 2.09. The van der Waals surface area contributed by atoms with Crippen molar-refractivity contribution in [3.63, 3.8) is 0 Å².